The van der Waals surface area contributed by atoms with Crippen molar-refractivity contribution >= 4 is 16.7 Å². The molecular weight excluding hydrogens is 214 g/mol. The number of para-hydroxylation sites is 1. The van der Waals surface area contributed by atoms with Gasteiger partial charge in [-0.05, 0) is 25.8 Å². The fourth-order valence-electron chi connectivity index (χ4n) is 2.44. The SMILES string of the molecule is CC1CCC(C(=O)c2c[nH]c3ccccc23)O1. The lowest BCUT2D eigenvalue weighted by atomic mass is 10.0. The Balaban J connectivity index is 1.96. The molecule has 2 unspecified atom stereocenters. The van der Waals surface area contributed by atoms with Gasteiger partial charge in [0.25, 0.3) is 0 Å². The molecule has 1 N–H and O–H groups in total. The second kappa shape index (κ2) is 4.00. The highest BCUT2D eigenvalue weighted by atomic mass is 16.5. The van der Waals surface area contributed by atoms with Gasteiger partial charge >= 0.3 is 0 Å². The third-order valence-corrected chi connectivity index (χ3v) is 3.38. The summed E-state index contributed by atoms with van der Waals surface area (Å²) in [6.07, 6.45) is 3.54. The maximum atomic E-state index is 12.3. The van der Waals surface area contributed by atoms with E-state index in [1.165, 1.54) is 0 Å². The molecule has 3 heteroatoms. The predicted molar refractivity (Wildman–Crippen MR) is 66.2 cm³/mol. The van der Waals surface area contributed by atoms with Gasteiger partial charge in [0.2, 0.25) is 0 Å². The first kappa shape index (κ1) is 10.5. The quantitative estimate of drug-likeness (QED) is 0.804. The standard InChI is InChI=1S/C14H15NO2/c1-9-6-7-13(17-9)14(16)11-8-15-12-5-3-2-4-10(11)12/h2-5,8-9,13,15H,6-7H2,1H3. The number of ether oxygens (including phenoxy) is 1. The van der Waals surface area contributed by atoms with Gasteiger partial charge in [0.05, 0.1) is 6.10 Å². The zero-order chi connectivity index (χ0) is 11.8. The van der Waals surface area contributed by atoms with Crippen LogP contribution in [0, 0.1) is 0 Å². The number of hydrogen-bond acceptors (Lipinski definition) is 2. The number of hydrogen-bond donors (Lipinski definition) is 1. The van der Waals surface area contributed by atoms with Crippen LogP contribution in [0.2, 0.25) is 0 Å². The number of H-pyrrole nitrogens is 1. The Morgan fingerprint density at radius 1 is 1.35 bits per heavy atom. The highest BCUT2D eigenvalue weighted by Crippen LogP contribution is 2.26. The number of carbonyl (C=O) groups excluding carboxylic acids is 1. The molecular formula is C14H15NO2. The van der Waals surface area contributed by atoms with Crippen molar-refractivity contribution in [3.8, 4) is 0 Å². The van der Waals surface area contributed by atoms with Crippen molar-refractivity contribution in [3.05, 3.63) is 36.0 Å². The van der Waals surface area contributed by atoms with E-state index < -0.39 is 0 Å². The molecule has 0 spiro atoms. The molecule has 2 heterocycles. The molecule has 1 fully saturated rings. The molecule has 0 radical (unpaired) electrons. The molecule has 1 aromatic carbocycles. The maximum Gasteiger partial charge on any atom is 0.193 e. The van der Waals surface area contributed by atoms with Crippen LogP contribution in [0.25, 0.3) is 10.9 Å². The average molecular weight is 229 g/mol. The molecule has 0 amide bonds. The lowest BCUT2D eigenvalue weighted by Crippen LogP contribution is -2.20. The van der Waals surface area contributed by atoms with Crippen molar-refractivity contribution in [2.45, 2.75) is 32.0 Å². The fraction of sp³-hybridized carbons (Fsp3) is 0.357. The number of benzene rings is 1. The molecule has 2 atom stereocenters. The van der Waals surface area contributed by atoms with E-state index in [2.05, 4.69) is 4.98 Å². The van der Waals surface area contributed by atoms with Crippen LogP contribution >= 0.6 is 0 Å². The van der Waals surface area contributed by atoms with E-state index in [9.17, 15) is 4.79 Å². The van der Waals surface area contributed by atoms with Gasteiger partial charge in [0.15, 0.2) is 5.78 Å². The third kappa shape index (κ3) is 1.76. The molecule has 1 aromatic heterocycles. The summed E-state index contributed by atoms with van der Waals surface area (Å²) in [5, 5.41) is 0.987. The van der Waals surface area contributed by atoms with Crippen molar-refractivity contribution in [3.63, 3.8) is 0 Å². The molecule has 1 aliphatic heterocycles. The average Bonchev–Trinajstić information content (AvgIpc) is 2.94. The Labute approximate surface area is 99.8 Å². The van der Waals surface area contributed by atoms with Crippen LogP contribution in [0.4, 0.5) is 0 Å². The Morgan fingerprint density at radius 2 is 2.18 bits per heavy atom. The molecule has 2 aromatic rings. The molecule has 88 valence electrons. The minimum atomic E-state index is -0.260. The largest absolute Gasteiger partial charge is 0.367 e. The summed E-state index contributed by atoms with van der Waals surface area (Å²) in [4.78, 5) is 15.4. The van der Waals surface area contributed by atoms with Crippen molar-refractivity contribution in [2.24, 2.45) is 0 Å². The summed E-state index contributed by atoms with van der Waals surface area (Å²) in [7, 11) is 0. The molecule has 0 bridgehead atoms. The first-order chi connectivity index (χ1) is 8.25. The van der Waals surface area contributed by atoms with Crippen molar-refractivity contribution in [1.29, 1.82) is 0 Å². The molecule has 3 nitrogen and oxygen atoms in total. The molecule has 3 rings (SSSR count). The molecule has 1 aliphatic rings. The summed E-state index contributed by atoms with van der Waals surface area (Å²) < 4.78 is 5.63. The first-order valence-electron chi connectivity index (χ1n) is 6.01. The Morgan fingerprint density at radius 3 is 2.94 bits per heavy atom. The number of aromatic amines is 1. The van der Waals surface area contributed by atoms with Crippen LogP contribution in [0.5, 0.6) is 0 Å². The van der Waals surface area contributed by atoms with Gasteiger partial charge in [-0.25, -0.2) is 0 Å². The minimum Gasteiger partial charge on any atom is -0.367 e. The van der Waals surface area contributed by atoms with Gasteiger partial charge in [-0.2, -0.15) is 0 Å². The summed E-state index contributed by atoms with van der Waals surface area (Å²) in [6.45, 7) is 2.02. The summed E-state index contributed by atoms with van der Waals surface area (Å²) in [5.74, 6) is 0.104. The van der Waals surface area contributed by atoms with Gasteiger partial charge < -0.3 is 9.72 Å². The van der Waals surface area contributed by atoms with Crippen LogP contribution in [0.3, 0.4) is 0 Å². The maximum absolute atomic E-state index is 12.3. The second-order valence-corrected chi connectivity index (χ2v) is 4.62. The lowest BCUT2D eigenvalue weighted by Gasteiger charge is -2.08. The molecule has 0 aliphatic carbocycles. The topological polar surface area (TPSA) is 42.1 Å². The smallest absolute Gasteiger partial charge is 0.193 e. The monoisotopic (exact) mass is 229 g/mol. The van der Waals surface area contributed by atoms with Crippen molar-refractivity contribution in [2.75, 3.05) is 0 Å². The zero-order valence-corrected chi connectivity index (χ0v) is 9.77. The van der Waals surface area contributed by atoms with E-state index in [1.54, 1.807) is 6.20 Å². The van der Waals surface area contributed by atoms with E-state index >= 15 is 0 Å². The van der Waals surface area contributed by atoms with E-state index in [-0.39, 0.29) is 18.0 Å². The highest BCUT2D eigenvalue weighted by molar-refractivity contribution is 6.09. The Kier molecular flexibility index (Phi) is 2.48. The summed E-state index contributed by atoms with van der Waals surface area (Å²) >= 11 is 0. The number of fused-ring (bicyclic) bond motifs is 1. The number of aromatic nitrogens is 1. The number of rotatable bonds is 2. The fourth-order valence-corrected chi connectivity index (χ4v) is 2.44. The molecule has 1 saturated heterocycles. The molecule has 17 heavy (non-hydrogen) atoms. The van der Waals surface area contributed by atoms with Crippen LogP contribution in [-0.4, -0.2) is 23.0 Å². The zero-order valence-electron chi connectivity index (χ0n) is 9.77. The third-order valence-electron chi connectivity index (χ3n) is 3.38. The van der Waals surface area contributed by atoms with Gasteiger partial charge in [0.1, 0.15) is 6.10 Å². The van der Waals surface area contributed by atoms with E-state index in [4.69, 9.17) is 4.74 Å². The van der Waals surface area contributed by atoms with Gasteiger partial charge in [0, 0.05) is 22.7 Å². The Hall–Kier alpha value is -1.61. The van der Waals surface area contributed by atoms with Gasteiger partial charge in [-0.1, -0.05) is 18.2 Å². The van der Waals surface area contributed by atoms with Crippen molar-refractivity contribution < 1.29 is 9.53 Å². The van der Waals surface area contributed by atoms with Crippen LogP contribution < -0.4 is 0 Å². The van der Waals surface area contributed by atoms with Crippen molar-refractivity contribution in [1.82, 2.24) is 4.98 Å². The van der Waals surface area contributed by atoms with Crippen LogP contribution in [0.15, 0.2) is 30.5 Å². The van der Waals surface area contributed by atoms with E-state index in [1.807, 2.05) is 31.2 Å². The highest BCUT2D eigenvalue weighted by Gasteiger charge is 2.30. The van der Waals surface area contributed by atoms with Gasteiger partial charge in [-0.3, -0.25) is 4.79 Å². The number of Topliss-reactive ketones (excluding diaryl/α,β-unsaturated/α-hetero) is 1. The lowest BCUT2D eigenvalue weighted by molar-refractivity contribution is 0.0435. The predicted octanol–water partition coefficient (Wildman–Crippen LogP) is 2.92. The summed E-state index contributed by atoms with van der Waals surface area (Å²) in [6, 6.07) is 7.86. The summed E-state index contributed by atoms with van der Waals surface area (Å²) in [5.41, 5.74) is 1.75. The number of carbonyl (C=O) groups is 1. The first-order valence-corrected chi connectivity index (χ1v) is 6.01. The Bertz CT molecular complexity index is 558. The molecule has 0 saturated carbocycles. The number of nitrogens with one attached hydrogen (secondary N) is 1. The van der Waals surface area contributed by atoms with E-state index in [0.717, 1.165) is 29.3 Å². The number of ketones is 1. The minimum absolute atomic E-state index is 0.104. The van der Waals surface area contributed by atoms with Crippen LogP contribution in [-0.2, 0) is 4.74 Å². The second-order valence-electron chi connectivity index (χ2n) is 4.62. The van der Waals surface area contributed by atoms with E-state index in [0.29, 0.717) is 0 Å². The normalized spacial score (nSPS) is 24.3. The van der Waals surface area contributed by atoms with Crippen LogP contribution in [0.1, 0.15) is 30.1 Å². The van der Waals surface area contributed by atoms with Gasteiger partial charge in [-0.15, -0.1) is 0 Å².